The third kappa shape index (κ3) is 2.96. The van der Waals surface area contributed by atoms with Crippen molar-refractivity contribution in [2.24, 2.45) is 0 Å². The summed E-state index contributed by atoms with van der Waals surface area (Å²) in [6.45, 7) is 0.477. The predicted octanol–water partition coefficient (Wildman–Crippen LogP) is 3.90. The van der Waals surface area contributed by atoms with E-state index in [0.717, 1.165) is 21.9 Å². The minimum absolute atomic E-state index is 0.230. The average molecular weight is 339 g/mol. The van der Waals surface area contributed by atoms with Crippen LogP contribution in [-0.2, 0) is 11.3 Å². The van der Waals surface area contributed by atoms with Crippen molar-refractivity contribution >= 4 is 17.3 Å². The molecule has 0 radical (unpaired) electrons. The highest BCUT2D eigenvalue weighted by atomic mass is 32.1. The number of esters is 1. The van der Waals surface area contributed by atoms with Crippen LogP contribution in [0.5, 0.6) is 11.5 Å². The third-order valence-electron chi connectivity index (χ3n) is 3.54. The second-order valence-electron chi connectivity index (χ2n) is 5.16. The standard InChI is InChI=1S/C18H13NO4S/c20-18(21-10-12-4-2-1-3-5-12)16-9-19-17(24-16)13-6-7-14-15(8-13)23-11-22-14/h1-9H,10-11H2. The molecule has 0 spiro atoms. The molecule has 1 aliphatic heterocycles. The van der Waals surface area contributed by atoms with Crippen molar-refractivity contribution in [2.75, 3.05) is 6.79 Å². The lowest BCUT2D eigenvalue weighted by Crippen LogP contribution is -2.02. The van der Waals surface area contributed by atoms with Crippen molar-refractivity contribution in [2.45, 2.75) is 6.61 Å². The number of ether oxygens (including phenoxy) is 3. The molecule has 4 rings (SSSR count). The minimum atomic E-state index is -0.372. The Morgan fingerprint density at radius 2 is 1.96 bits per heavy atom. The molecule has 5 nitrogen and oxygen atoms in total. The first-order valence-corrected chi connectivity index (χ1v) is 8.18. The Kier molecular flexibility index (Phi) is 3.88. The average Bonchev–Trinajstić information content (AvgIpc) is 3.29. The van der Waals surface area contributed by atoms with Crippen LogP contribution in [0.4, 0.5) is 0 Å². The molecule has 0 atom stereocenters. The van der Waals surface area contributed by atoms with Gasteiger partial charge >= 0.3 is 5.97 Å². The summed E-state index contributed by atoms with van der Waals surface area (Å²) in [7, 11) is 0. The molecule has 0 unspecified atom stereocenters. The van der Waals surface area contributed by atoms with Gasteiger partial charge in [0.05, 0.1) is 6.20 Å². The highest BCUT2D eigenvalue weighted by Crippen LogP contribution is 2.37. The molecule has 24 heavy (non-hydrogen) atoms. The number of fused-ring (bicyclic) bond motifs is 1. The topological polar surface area (TPSA) is 57.7 Å². The van der Waals surface area contributed by atoms with Crippen molar-refractivity contribution in [1.29, 1.82) is 0 Å². The highest BCUT2D eigenvalue weighted by Gasteiger charge is 2.17. The molecule has 120 valence electrons. The van der Waals surface area contributed by atoms with Gasteiger partial charge in [0.25, 0.3) is 0 Å². The van der Waals surface area contributed by atoms with E-state index >= 15 is 0 Å². The first-order valence-electron chi connectivity index (χ1n) is 7.36. The van der Waals surface area contributed by atoms with E-state index in [1.165, 1.54) is 17.5 Å². The molecule has 1 aromatic heterocycles. The van der Waals surface area contributed by atoms with E-state index in [1.54, 1.807) is 0 Å². The quantitative estimate of drug-likeness (QED) is 0.675. The summed E-state index contributed by atoms with van der Waals surface area (Å²) >= 11 is 1.29. The van der Waals surface area contributed by atoms with Gasteiger partial charge in [-0.2, -0.15) is 0 Å². The summed E-state index contributed by atoms with van der Waals surface area (Å²) in [6, 6.07) is 15.2. The van der Waals surface area contributed by atoms with Crippen LogP contribution in [0.2, 0.25) is 0 Å². The van der Waals surface area contributed by atoms with Crippen LogP contribution in [0.1, 0.15) is 15.2 Å². The largest absolute Gasteiger partial charge is 0.457 e. The van der Waals surface area contributed by atoms with Gasteiger partial charge in [-0.15, -0.1) is 11.3 Å². The summed E-state index contributed by atoms with van der Waals surface area (Å²) in [4.78, 5) is 16.9. The molecule has 0 saturated carbocycles. The molecule has 0 N–H and O–H groups in total. The molecule has 2 aromatic carbocycles. The summed E-state index contributed by atoms with van der Waals surface area (Å²) in [5, 5.41) is 0.736. The number of nitrogens with zero attached hydrogens (tertiary/aromatic N) is 1. The van der Waals surface area contributed by atoms with Gasteiger partial charge < -0.3 is 14.2 Å². The molecule has 0 bridgehead atoms. The van der Waals surface area contributed by atoms with E-state index in [-0.39, 0.29) is 19.4 Å². The molecular formula is C18H13NO4S. The molecule has 0 aliphatic carbocycles. The number of benzene rings is 2. The molecule has 3 aromatic rings. The van der Waals surface area contributed by atoms with Crippen molar-refractivity contribution < 1.29 is 19.0 Å². The molecule has 0 fully saturated rings. The number of rotatable bonds is 4. The van der Waals surface area contributed by atoms with Crippen molar-refractivity contribution in [3.8, 4) is 22.1 Å². The van der Waals surface area contributed by atoms with E-state index in [4.69, 9.17) is 14.2 Å². The van der Waals surface area contributed by atoms with Crippen molar-refractivity contribution in [3.05, 3.63) is 65.2 Å². The van der Waals surface area contributed by atoms with Crippen molar-refractivity contribution in [3.63, 3.8) is 0 Å². The van der Waals surface area contributed by atoms with Gasteiger partial charge in [-0.3, -0.25) is 0 Å². The highest BCUT2D eigenvalue weighted by molar-refractivity contribution is 7.16. The number of aromatic nitrogens is 1. The van der Waals surface area contributed by atoms with E-state index < -0.39 is 0 Å². The predicted molar refractivity (Wildman–Crippen MR) is 89.2 cm³/mol. The van der Waals surface area contributed by atoms with E-state index in [9.17, 15) is 4.79 Å². The fourth-order valence-corrected chi connectivity index (χ4v) is 3.13. The first-order chi connectivity index (χ1) is 11.8. The number of hydrogen-bond acceptors (Lipinski definition) is 6. The zero-order valence-corrected chi connectivity index (χ0v) is 13.4. The van der Waals surface area contributed by atoms with Crippen LogP contribution < -0.4 is 9.47 Å². The normalized spacial score (nSPS) is 12.2. The number of hydrogen-bond donors (Lipinski definition) is 0. The lowest BCUT2D eigenvalue weighted by Gasteiger charge is -2.02. The van der Waals surface area contributed by atoms with Gasteiger partial charge in [0.15, 0.2) is 11.5 Å². The maximum Gasteiger partial charge on any atom is 0.350 e. The Bertz CT molecular complexity index is 876. The zero-order chi connectivity index (χ0) is 16.4. The van der Waals surface area contributed by atoms with Gasteiger partial charge in [-0.1, -0.05) is 30.3 Å². The van der Waals surface area contributed by atoms with E-state index in [0.29, 0.717) is 10.6 Å². The third-order valence-corrected chi connectivity index (χ3v) is 4.57. The Balaban J connectivity index is 1.47. The Morgan fingerprint density at radius 3 is 2.83 bits per heavy atom. The second-order valence-corrected chi connectivity index (χ2v) is 6.19. The van der Waals surface area contributed by atoms with E-state index in [2.05, 4.69) is 4.98 Å². The van der Waals surface area contributed by atoms with Gasteiger partial charge in [0.2, 0.25) is 6.79 Å². The van der Waals surface area contributed by atoms with Gasteiger partial charge in [0, 0.05) is 5.56 Å². The first kappa shape index (κ1) is 14.7. The Hall–Kier alpha value is -2.86. The maximum absolute atomic E-state index is 12.2. The summed E-state index contributed by atoms with van der Waals surface area (Å²) in [6.07, 6.45) is 1.54. The monoisotopic (exact) mass is 339 g/mol. The SMILES string of the molecule is O=C(OCc1ccccc1)c1cnc(-c2ccc3c(c2)OCO3)s1. The summed E-state index contributed by atoms with van der Waals surface area (Å²) in [5.41, 5.74) is 1.83. The molecule has 1 aliphatic rings. The summed E-state index contributed by atoms with van der Waals surface area (Å²) < 4.78 is 16.0. The lowest BCUT2D eigenvalue weighted by atomic mass is 10.2. The van der Waals surface area contributed by atoms with Crippen LogP contribution in [0.3, 0.4) is 0 Å². The van der Waals surface area contributed by atoms with Crippen molar-refractivity contribution in [1.82, 2.24) is 4.98 Å². The smallest absolute Gasteiger partial charge is 0.350 e. The van der Waals surface area contributed by atoms with Gasteiger partial charge in [0.1, 0.15) is 16.5 Å². The van der Waals surface area contributed by atoms with E-state index in [1.807, 2.05) is 48.5 Å². The summed E-state index contributed by atoms with van der Waals surface area (Å²) in [5.74, 6) is 1.04. The lowest BCUT2D eigenvalue weighted by molar-refractivity contribution is 0.0478. The maximum atomic E-state index is 12.2. The van der Waals surface area contributed by atoms with Crippen LogP contribution in [0, 0.1) is 0 Å². The molecule has 6 heteroatoms. The molecule has 0 amide bonds. The van der Waals surface area contributed by atoms with Gasteiger partial charge in [-0.05, 0) is 23.8 Å². The Labute approximate surface area is 142 Å². The molecule has 2 heterocycles. The van der Waals surface area contributed by atoms with Crippen LogP contribution in [0.15, 0.2) is 54.7 Å². The fourth-order valence-electron chi connectivity index (χ4n) is 2.33. The minimum Gasteiger partial charge on any atom is -0.457 e. The number of carbonyl (C=O) groups excluding carboxylic acids is 1. The zero-order valence-electron chi connectivity index (χ0n) is 12.6. The second kappa shape index (κ2) is 6.33. The van der Waals surface area contributed by atoms with Gasteiger partial charge in [-0.25, -0.2) is 9.78 Å². The molecular weight excluding hydrogens is 326 g/mol. The number of carbonyl (C=O) groups is 1. The van der Waals surface area contributed by atoms with Crippen LogP contribution >= 0.6 is 11.3 Å². The van der Waals surface area contributed by atoms with Crippen LogP contribution in [-0.4, -0.2) is 17.7 Å². The Morgan fingerprint density at radius 1 is 1.12 bits per heavy atom. The van der Waals surface area contributed by atoms with Crippen LogP contribution in [0.25, 0.3) is 10.6 Å². The molecule has 0 saturated heterocycles. The fraction of sp³-hybridized carbons (Fsp3) is 0.111. The number of thiazole rings is 1.